The highest BCUT2D eigenvalue weighted by Gasteiger charge is 2.26. The summed E-state index contributed by atoms with van der Waals surface area (Å²) in [5.74, 6) is -1.91. The highest BCUT2D eigenvalue weighted by molar-refractivity contribution is 9.09. The lowest BCUT2D eigenvalue weighted by atomic mass is 10.1. The second-order valence-corrected chi connectivity index (χ2v) is 3.36. The standard InChI is InChI=1S/C9H5BrFNO4/c10-3-7(14)6-2-1-5(4-13)8(11)9(6)12(15)16/h1-2,4H,3H2. The Hall–Kier alpha value is -1.63. The average molecular weight is 290 g/mol. The zero-order valence-electron chi connectivity index (χ0n) is 7.78. The van der Waals surface area contributed by atoms with Crippen LogP contribution in [0.1, 0.15) is 20.7 Å². The van der Waals surface area contributed by atoms with Crippen molar-refractivity contribution in [3.05, 3.63) is 39.2 Å². The second kappa shape index (κ2) is 4.93. The Labute approximate surface area is 97.5 Å². The van der Waals surface area contributed by atoms with Crippen LogP contribution in [-0.4, -0.2) is 22.3 Å². The fourth-order valence-electron chi connectivity index (χ4n) is 1.15. The molecule has 0 spiro atoms. The molecule has 0 unspecified atom stereocenters. The van der Waals surface area contributed by atoms with E-state index in [1.807, 2.05) is 0 Å². The van der Waals surface area contributed by atoms with Gasteiger partial charge in [-0.05, 0) is 12.1 Å². The first-order chi connectivity index (χ1) is 7.52. The lowest BCUT2D eigenvalue weighted by Crippen LogP contribution is -2.08. The first kappa shape index (κ1) is 12.4. The van der Waals surface area contributed by atoms with Crippen molar-refractivity contribution in [1.82, 2.24) is 0 Å². The van der Waals surface area contributed by atoms with Crippen LogP contribution in [0.15, 0.2) is 12.1 Å². The van der Waals surface area contributed by atoms with Crippen LogP contribution in [-0.2, 0) is 0 Å². The van der Waals surface area contributed by atoms with Crippen molar-refractivity contribution in [2.45, 2.75) is 0 Å². The highest BCUT2D eigenvalue weighted by Crippen LogP contribution is 2.25. The van der Waals surface area contributed by atoms with Crippen LogP contribution < -0.4 is 0 Å². The Balaban J connectivity index is 3.52. The van der Waals surface area contributed by atoms with Gasteiger partial charge in [0.05, 0.1) is 21.4 Å². The van der Waals surface area contributed by atoms with Gasteiger partial charge in [-0.25, -0.2) is 0 Å². The predicted molar refractivity (Wildman–Crippen MR) is 56.6 cm³/mol. The number of halogens is 2. The van der Waals surface area contributed by atoms with Crippen LogP contribution in [0, 0.1) is 15.9 Å². The van der Waals surface area contributed by atoms with E-state index in [9.17, 15) is 24.1 Å². The first-order valence-corrected chi connectivity index (χ1v) is 5.16. The quantitative estimate of drug-likeness (QED) is 0.280. The number of alkyl halides is 1. The fraction of sp³-hybridized carbons (Fsp3) is 0.111. The smallest absolute Gasteiger partial charge is 0.298 e. The van der Waals surface area contributed by atoms with Crippen LogP contribution in [0.4, 0.5) is 10.1 Å². The number of carbonyl (C=O) groups excluding carboxylic acids is 2. The zero-order valence-corrected chi connectivity index (χ0v) is 9.36. The monoisotopic (exact) mass is 289 g/mol. The van der Waals surface area contributed by atoms with Crippen LogP contribution in [0.3, 0.4) is 0 Å². The number of nitro groups is 1. The first-order valence-electron chi connectivity index (χ1n) is 4.04. The van der Waals surface area contributed by atoms with Gasteiger partial charge in [0.1, 0.15) is 0 Å². The topological polar surface area (TPSA) is 77.3 Å². The van der Waals surface area contributed by atoms with Crippen LogP contribution in [0.25, 0.3) is 0 Å². The molecule has 0 fully saturated rings. The minimum atomic E-state index is -1.29. The van der Waals surface area contributed by atoms with E-state index >= 15 is 0 Å². The van der Waals surface area contributed by atoms with Crippen LogP contribution >= 0.6 is 15.9 Å². The molecule has 1 aromatic rings. The number of carbonyl (C=O) groups is 2. The summed E-state index contributed by atoms with van der Waals surface area (Å²) in [6.45, 7) is 0. The number of nitrogens with zero attached hydrogens (tertiary/aromatic N) is 1. The summed E-state index contributed by atoms with van der Waals surface area (Å²) in [4.78, 5) is 31.3. The van der Waals surface area contributed by atoms with Gasteiger partial charge in [0, 0.05) is 0 Å². The van der Waals surface area contributed by atoms with Crippen molar-refractivity contribution in [2.75, 3.05) is 5.33 Å². The maximum atomic E-state index is 13.4. The summed E-state index contributed by atoms with van der Waals surface area (Å²) in [6.07, 6.45) is 0.157. The minimum absolute atomic E-state index is 0.157. The normalized spacial score (nSPS) is 9.88. The molecular formula is C9H5BrFNO4. The molecule has 0 bridgehead atoms. The summed E-state index contributed by atoms with van der Waals surface area (Å²) < 4.78 is 13.4. The minimum Gasteiger partial charge on any atom is -0.298 e. The van der Waals surface area contributed by atoms with Crippen molar-refractivity contribution >= 4 is 33.7 Å². The SMILES string of the molecule is O=Cc1ccc(C(=O)CBr)c([N+](=O)[O-])c1F. The summed E-state index contributed by atoms with van der Waals surface area (Å²) in [6, 6.07) is 2.10. The summed E-state index contributed by atoms with van der Waals surface area (Å²) in [5, 5.41) is 10.5. The van der Waals surface area contributed by atoms with E-state index in [4.69, 9.17) is 0 Å². The molecule has 1 rings (SSSR count). The molecule has 0 saturated heterocycles. The number of aldehydes is 1. The van der Waals surface area contributed by atoms with Gasteiger partial charge in [-0.1, -0.05) is 15.9 Å². The average Bonchev–Trinajstić information content (AvgIpc) is 2.26. The maximum absolute atomic E-state index is 13.4. The Kier molecular flexibility index (Phi) is 3.83. The molecule has 0 N–H and O–H groups in total. The molecule has 0 aliphatic carbocycles. The van der Waals surface area contributed by atoms with Gasteiger partial charge in [-0.15, -0.1) is 0 Å². The van der Waals surface area contributed by atoms with Gasteiger partial charge >= 0.3 is 5.69 Å². The number of hydrogen-bond acceptors (Lipinski definition) is 4. The van der Waals surface area contributed by atoms with E-state index < -0.39 is 27.8 Å². The largest absolute Gasteiger partial charge is 0.316 e. The van der Waals surface area contributed by atoms with E-state index in [-0.39, 0.29) is 17.2 Å². The molecule has 5 nitrogen and oxygen atoms in total. The number of hydrogen-bond donors (Lipinski definition) is 0. The highest BCUT2D eigenvalue weighted by atomic mass is 79.9. The van der Waals surface area contributed by atoms with Crippen molar-refractivity contribution in [3.63, 3.8) is 0 Å². The number of Topliss-reactive ketones (excluding diaryl/α,β-unsaturated/α-hetero) is 1. The van der Waals surface area contributed by atoms with Gasteiger partial charge in [0.2, 0.25) is 5.82 Å². The zero-order chi connectivity index (χ0) is 12.3. The van der Waals surface area contributed by atoms with Crippen molar-refractivity contribution in [3.8, 4) is 0 Å². The number of ketones is 1. The van der Waals surface area contributed by atoms with E-state index in [1.165, 1.54) is 0 Å². The Morgan fingerprint density at radius 2 is 2.19 bits per heavy atom. The molecule has 1 aromatic carbocycles. The molecule has 0 amide bonds. The molecule has 0 radical (unpaired) electrons. The number of nitro benzene ring substituents is 1. The van der Waals surface area contributed by atoms with Gasteiger partial charge in [0.25, 0.3) is 0 Å². The summed E-state index contributed by atoms with van der Waals surface area (Å²) in [7, 11) is 0. The summed E-state index contributed by atoms with van der Waals surface area (Å²) >= 11 is 2.83. The summed E-state index contributed by atoms with van der Waals surface area (Å²) in [5.41, 5.74) is -1.77. The Morgan fingerprint density at radius 1 is 1.56 bits per heavy atom. The van der Waals surface area contributed by atoms with Gasteiger partial charge in [0.15, 0.2) is 12.1 Å². The van der Waals surface area contributed by atoms with Gasteiger partial charge < -0.3 is 0 Å². The van der Waals surface area contributed by atoms with Crippen LogP contribution in [0.2, 0.25) is 0 Å². The molecular weight excluding hydrogens is 285 g/mol. The maximum Gasteiger partial charge on any atom is 0.316 e. The third-order valence-electron chi connectivity index (χ3n) is 1.88. The number of rotatable bonds is 4. The molecule has 84 valence electrons. The molecule has 16 heavy (non-hydrogen) atoms. The van der Waals surface area contributed by atoms with Crippen molar-refractivity contribution in [1.29, 1.82) is 0 Å². The van der Waals surface area contributed by atoms with Crippen molar-refractivity contribution < 1.29 is 18.9 Å². The fourth-order valence-corrected chi connectivity index (χ4v) is 1.45. The second-order valence-electron chi connectivity index (χ2n) is 2.80. The molecule has 0 atom stereocenters. The molecule has 7 heteroatoms. The van der Waals surface area contributed by atoms with Crippen molar-refractivity contribution in [2.24, 2.45) is 0 Å². The lowest BCUT2D eigenvalue weighted by molar-refractivity contribution is -0.387. The Bertz CT molecular complexity index is 475. The molecule has 0 heterocycles. The third kappa shape index (κ3) is 2.13. The van der Waals surface area contributed by atoms with E-state index in [0.29, 0.717) is 0 Å². The van der Waals surface area contributed by atoms with E-state index in [0.717, 1.165) is 12.1 Å². The predicted octanol–water partition coefficient (Wildman–Crippen LogP) is 2.12. The lowest BCUT2D eigenvalue weighted by Gasteiger charge is -2.02. The molecule has 0 aliphatic heterocycles. The molecule has 0 saturated carbocycles. The molecule has 0 aliphatic rings. The van der Waals surface area contributed by atoms with Gasteiger partial charge in [-0.3, -0.25) is 19.7 Å². The van der Waals surface area contributed by atoms with Gasteiger partial charge in [-0.2, -0.15) is 4.39 Å². The van der Waals surface area contributed by atoms with E-state index in [1.54, 1.807) is 0 Å². The number of benzene rings is 1. The Morgan fingerprint density at radius 3 is 2.62 bits per heavy atom. The third-order valence-corrected chi connectivity index (χ3v) is 2.39. The van der Waals surface area contributed by atoms with Crippen LogP contribution in [0.5, 0.6) is 0 Å². The molecule has 0 aromatic heterocycles. The van der Waals surface area contributed by atoms with E-state index in [2.05, 4.69) is 15.9 Å².